The molecule has 0 unspecified atom stereocenters. The fraction of sp³-hybridized carbons (Fsp3) is 0.150. The molecule has 138 valence electrons. The minimum atomic E-state index is -0.143. The van der Waals surface area contributed by atoms with Crippen molar-refractivity contribution in [1.82, 2.24) is 15.2 Å². The molecular formula is C20H20N4O2S. The van der Waals surface area contributed by atoms with E-state index in [1.54, 1.807) is 7.11 Å². The summed E-state index contributed by atoms with van der Waals surface area (Å²) < 4.78 is 5.27. The largest absolute Gasteiger partial charge is 0.495 e. The highest BCUT2D eigenvalue weighted by Crippen LogP contribution is 2.25. The fourth-order valence-electron chi connectivity index (χ4n) is 2.37. The van der Waals surface area contributed by atoms with Gasteiger partial charge in [0.15, 0.2) is 0 Å². The van der Waals surface area contributed by atoms with Crippen molar-refractivity contribution in [2.24, 2.45) is 0 Å². The van der Waals surface area contributed by atoms with Gasteiger partial charge in [-0.1, -0.05) is 54.2 Å². The molecule has 0 aliphatic rings. The van der Waals surface area contributed by atoms with Gasteiger partial charge in [-0.25, -0.2) is 4.98 Å². The Morgan fingerprint density at radius 3 is 2.81 bits per heavy atom. The summed E-state index contributed by atoms with van der Waals surface area (Å²) in [6, 6.07) is 15.6. The Labute approximate surface area is 162 Å². The van der Waals surface area contributed by atoms with Gasteiger partial charge in [0.25, 0.3) is 0 Å². The zero-order valence-electron chi connectivity index (χ0n) is 15.1. The molecule has 3 aromatic rings. The number of aromatic amines is 1. The molecule has 27 heavy (non-hydrogen) atoms. The van der Waals surface area contributed by atoms with Gasteiger partial charge >= 0.3 is 0 Å². The van der Waals surface area contributed by atoms with E-state index >= 15 is 0 Å². The normalized spacial score (nSPS) is 10.9. The van der Waals surface area contributed by atoms with Crippen molar-refractivity contribution in [3.8, 4) is 5.75 Å². The van der Waals surface area contributed by atoms with Gasteiger partial charge in [0.1, 0.15) is 11.6 Å². The van der Waals surface area contributed by atoms with Crippen LogP contribution in [0.2, 0.25) is 0 Å². The van der Waals surface area contributed by atoms with Crippen LogP contribution >= 0.6 is 11.8 Å². The first-order valence-electron chi connectivity index (χ1n) is 8.37. The molecule has 0 saturated heterocycles. The highest BCUT2D eigenvalue weighted by atomic mass is 32.2. The Hall–Kier alpha value is -3.06. The van der Waals surface area contributed by atoms with E-state index < -0.39 is 0 Å². The number of thioether (sulfide) groups is 1. The molecule has 0 saturated carbocycles. The molecule has 1 aromatic heterocycles. The molecule has 0 aliphatic heterocycles. The quantitative estimate of drug-likeness (QED) is 0.605. The van der Waals surface area contributed by atoms with E-state index in [2.05, 4.69) is 20.5 Å². The van der Waals surface area contributed by atoms with E-state index in [4.69, 9.17) is 4.74 Å². The molecule has 0 radical (unpaired) electrons. The number of ether oxygens (including phenoxy) is 1. The van der Waals surface area contributed by atoms with Gasteiger partial charge < -0.3 is 10.1 Å². The number of benzene rings is 2. The monoisotopic (exact) mass is 380 g/mol. The molecular weight excluding hydrogens is 360 g/mol. The van der Waals surface area contributed by atoms with Gasteiger partial charge in [-0.2, -0.15) is 0 Å². The molecule has 6 nitrogen and oxygen atoms in total. The van der Waals surface area contributed by atoms with Gasteiger partial charge in [-0.15, -0.1) is 5.10 Å². The zero-order chi connectivity index (χ0) is 19.1. The summed E-state index contributed by atoms with van der Waals surface area (Å²) in [6.07, 6.45) is 3.80. The van der Waals surface area contributed by atoms with Gasteiger partial charge in [0, 0.05) is 0 Å². The van der Waals surface area contributed by atoms with E-state index in [0.29, 0.717) is 22.4 Å². The molecule has 0 fully saturated rings. The Bertz CT molecular complexity index is 938. The highest BCUT2D eigenvalue weighted by molar-refractivity contribution is 7.99. The number of carbonyl (C=O) groups excluding carboxylic acids is 1. The first-order chi connectivity index (χ1) is 13.1. The molecule has 2 aromatic carbocycles. The van der Waals surface area contributed by atoms with Crippen LogP contribution in [0.25, 0.3) is 12.2 Å². The van der Waals surface area contributed by atoms with Crippen molar-refractivity contribution in [3.63, 3.8) is 0 Å². The van der Waals surface area contributed by atoms with Gasteiger partial charge in [0.2, 0.25) is 11.1 Å². The number of amides is 1. The summed E-state index contributed by atoms with van der Waals surface area (Å²) in [5.41, 5.74) is 2.78. The minimum absolute atomic E-state index is 0.143. The van der Waals surface area contributed by atoms with Crippen LogP contribution in [0, 0.1) is 6.92 Å². The van der Waals surface area contributed by atoms with Gasteiger partial charge in [0.05, 0.1) is 18.6 Å². The number of carbonyl (C=O) groups is 1. The van der Waals surface area contributed by atoms with Crippen LogP contribution in [0.15, 0.2) is 53.7 Å². The number of nitrogens with one attached hydrogen (secondary N) is 2. The highest BCUT2D eigenvalue weighted by Gasteiger charge is 2.10. The molecule has 2 N–H and O–H groups in total. The van der Waals surface area contributed by atoms with E-state index in [0.717, 1.165) is 11.1 Å². The summed E-state index contributed by atoms with van der Waals surface area (Å²) in [5, 5.41) is 10.4. The van der Waals surface area contributed by atoms with Crippen molar-refractivity contribution < 1.29 is 9.53 Å². The molecule has 0 aliphatic carbocycles. The van der Waals surface area contributed by atoms with Crippen molar-refractivity contribution in [3.05, 3.63) is 65.5 Å². The van der Waals surface area contributed by atoms with E-state index in [-0.39, 0.29) is 11.7 Å². The SMILES string of the molecule is COc1ccc(C)cc1NC(=O)CSc1n[nH]c(/C=C/c2ccccc2)n1. The van der Waals surface area contributed by atoms with Crippen LogP contribution in [-0.4, -0.2) is 34.0 Å². The number of anilines is 1. The van der Waals surface area contributed by atoms with Gasteiger partial charge in [-0.05, 0) is 36.3 Å². The average Bonchev–Trinajstić information content (AvgIpc) is 3.14. The van der Waals surface area contributed by atoms with Crippen LogP contribution < -0.4 is 10.1 Å². The molecule has 0 bridgehead atoms. The molecule has 1 amide bonds. The third kappa shape index (κ3) is 5.46. The van der Waals surface area contributed by atoms with Crippen LogP contribution in [0.1, 0.15) is 17.0 Å². The number of hydrogen-bond donors (Lipinski definition) is 2. The van der Waals surface area contributed by atoms with Crippen molar-refractivity contribution in [2.45, 2.75) is 12.1 Å². The molecule has 0 spiro atoms. The van der Waals surface area contributed by atoms with Crippen molar-refractivity contribution in [2.75, 3.05) is 18.2 Å². The zero-order valence-corrected chi connectivity index (χ0v) is 15.9. The summed E-state index contributed by atoms with van der Waals surface area (Å²) >= 11 is 1.27. The van der Waals surface area contributed by atoms with Crippen molar-refractivity contribution in [1.29, 1.82) is 0 Å². The topological polar surface area (TPSA) is 79.9 Å². The molecule has 0 atom stereocenters. The lowest BCUT2D eigenvalue weighted by molar-refractivity contribution is -0.113. The molecule has 3 rings (SSSR count). The lowest BCUT2D eigenvalue weighted by Crippen LogP contribution is -2.15. The van der Waals surface area contributed by atoms with Crippen LogP contribution in [-0.2, 0) is 4.79 Å². The first kappa shape index (κ1) is 18.7. The summed E-state index contributed by atoms with van der Waals surface area (Å²) in [5.74, 6) is 1.33. The third-order valence-electron chi connectivity index (χ3n) is 3.68. The second-order valence-electron chi connectivity index (χ2n) is 5.79. The Morgan fingerprint density at radius 2 is 2.04 bits per heavy atom. The predicted molar refractivity (Wildman–Crippen MR) is 109 cm³/mol. The summed E-state index contributed by atoms with van der Waals surface area (Å²) in [4.78, 5) is 16.6. The minimum Gasteiger partial charge on any atom is -0.495 e. The maximum absolute atomic E-state index is 12.2. The standard InChI is InChI=1S/C20H20N4O2S/c1-14-8-10-17(26-2)16(12-14)21-19(25)13-27-20-22-18(23-24-20)11-9-15-6-4-3-5-7-15/h3-12H,13H2,1-2H3,(H,21,25)(H,22,23,24)/b11-9+. The Balaban J connectivity index is 1.55. The van der Waals surface area contributed by atoms with Crippen LogP contribution in [0.5, 0.6) is 5.75 Å². The number of methoxy groups -OCH3 is 1. The lowest BCUT2D eigenvalue weighted by Gasteiger charge is -2.10. The third-order valence-corrected chi connectivity index (χ3v) is 4.52. The second kappa shape index (κ2) is 9.05. The maximum atomic E-state index is 12.2. The fourth-order valence-corrected chi connectivity index (χ4v) is 2.98. The second-order valence-corrected chi connectivity index (χ2v) is 6.73. The predicted octanol–water partition coefficient (Wildman–Crippen LogP) is 4.02. The number of nitrogens with zero attached hydrogens (tertiary/aromatic N) is 2. The van der Waals surface area contributed by atoms with E-state index in [1.165, 1.54) is 11.8 Å². The number of aryl methyl sites for hydroxylation is 1. The Morgan fingerprint density at radius 1 is 1.22 bits per heavy atom. The van der Waals surface area contributed by atoms with Gasteiger partial charge in [-0.3, -0.25) is 9.89 Å². The molecule has 1 heterocycles. The summed E-state index contributed by atoms with van der Waals surface area (Å²) in [6.45, 7) is 1.96. The smallest absolute Gasteiger partial charge is 0.234 e. The summed E-state index contributed by atoms with van der Waals surface area (Å²) in [7, 11) is 1.58. The van der Waals surface area contributed by atoms with E-state index in [1.807, 2.05) is 67.6 Å². The maximum Gasteiger partial charge on any atom is 0.234 e. The number of hydrogen-bond acceptors (Lipinski definition) is 5. The number of aromatic nitrogens is 3. The molecule has 7 heteroatoms. The number of rotatable bonds is 7. The van der Waals surface area contributed by atoms with Crippen LogP contribution in [0.4, 0.5) is 5.69 Å². The first-order valence-corrected chi connectivity index (χ1v) is 9.35. The lowest BCUT2D eigenvalue weighted by atomic mass is 10.2. The van der Waals surface area contributed by atoms with E-state index in [9.17, 15) is 4.79 Å². The Kier molecular flexibility index (Phi) is 6.27. The number of H-pyrrole nitrogens is 1. The average molecular weight is 380 g/mol. The van der Waals surface area contributed by atoms with Crippen LogP contribution in [0.3, 0.4) is 0 Å². The van der Waals surface area contributed by atoms with Crippen molar-refractivity contribution >= 4 is 35.5 Å².